The van der Waals surface area contributed by atoms with Crippen molar-refractivity contribution < 1.29 is 13.5 Å². The third-order valence-electron chi connectivity index (χ3n) is 8.53. The van der Waals surface area contributed by atoms with Crippen LogP contribution in [0.4, 0.5) is 0 Å². The van der Waals surface area contributed by atoms with Gasteiger partial charge in [0.15, 0.2) is 0 Å². The van der Waals surface area contributed by atoms with Crippen LogP contribution in [-0.2, 0) is 29.5 Å². The van der Waals surface area contributed by atoms with Gasteiger partial charge in [-0.3, -0.25) is 4.68 Å². The summed E-state index contributed by atoms with van der Waals surface area (Å²) in [5.74, 6) is 0.458. The third-order valence-corrected chi connectivity index (χ3v) is 10.5. The second-order valence-electron chi connectivity index (χ2n) is 11.4. The van der Waals surface area contributed by atoms with Gasteiger partial charge in [-0.25, -0.2) is 8.42 Å². The van der Waals surface area contributed by atoms with Crippen LogP contribution < -0.4 is 0 Å². The molecule has 218 valence electrons. The summed E-state index contributed by atoms with van der Waals surface area (Å²) in [5.41, 5.74) is 7.35. The molecule has 4 aromatic rings. The SMILES string of the molecule is Cc1[nH]c2ccc(Cl)cc2c1C1CCN(CC(O)Cn2nc(-c3ccc(Br)cc3)c3c2CCN(S(C)(=O)=O)C3)CC1. The number of hydrogen-bond acceptors (Lipinski definition) is 5. The van der Waals surface area contributed by atoms with Crippen LogP contribution in [0.2, 0.25) is 5.02 Å². The highest BCUT2D eigenvalue weighted by atomic mass is 79.9. The second kappa shape index (κ2) is 11.5. The molecule has 1 unspecified atom stereocenters. The maximum atomic E-state index is 12.3. The highest BCUT2D eigenvalue weighted by Crippen LogP contribution is 2.37. The van der Waals surface area contributed by atoms with Gasteiger partial charge in [0, 0.05) is 69.0 Å². The Labute approximate surface area is 254 Å². The third kappa shape index (κ3) is 6.00. The van der Waals surface area contributed by atoms with Crippen LogP contribution in [0.15, 0.2) is 46.9 Å². The standard InChI is InChI=1S/C30H35BrClN5O3S/c1-19-29(25-15-23(32)7-8-27(25)33-19)20-9-12-35(13-10-20)16-24(38)17-37-28-11-14-36(41(2,39)40)18-26(28)30(34-37)21-3-5-22(31)6-4-21/h3-8,15,20,24,33,38H,9-14,16-18H2,1-2H3. The van der Waals surface area contributed by atoms with Crippen molar-refractivity contribution in [3.05, 3.63) is 74.5 Å². The van der Waals surface area contributed by atoms with Gasteiger partial charge in [-0.15, -0.1) is 0 Å². The highest BCUT2D eigenvalue weighted by molar-refractivity contribution is 9.10. The molecule has 0 saturated carbocycles. The molecule has 1 atom stereocenters. The number of nitrogens with zero attached hydrogens (tertiary/aromatic N) is 4. The lowest BCUT2D eigenvalue weighted by Gasteiger charge is -2.33. The molecule has 2 N–H and O–H groups in total. The zero-order valence-electron chi connectivity index (χ0n) is 23.3. The number of nitrogens with one attached hydrogen (secondary N) is 1. The number of fused-ring (bicyclic) bond motifs is 2. The summed E-state index contributed by atoms with van der Waals surface area (Å²) in [6.45, 7) is 5.63. The summed E-state index contributed by atoms with van der Waals surface area (Å²) >= 11 is 9.80. The maximum absolute atomic E-state index is 12.3. The quantitative estimate of drug-likeness (QED) is 0.280. The maximum Gasteiger partial charge on any atom is 0.211 e. The first-order valence-electron chi connectivity index (χ1n) is 14.0. The lowest BCUT2D eigenvalue weighted by Crippen LogP contribution is -2.40. The van der Waals surface area contributed by atoms with E-state index in [0.717, 1.165) is 63.5 Å². The molecule has 1 fully saturated rings. The molecule has 0 bridgehead atoms. The van der Waals surface area contributed by atoms with E-state index in [9.17, 15) is 13.5 Å². The fourth-order valence-electron chi connectivity index (χ4n) is 6.55. The molecule has 0 spiro atoms. The minimum atomic E-state index is -3.32. The first-order valence-corrected chi connectivity index (χ1v) is 17.1. The molecule has 6 rings (SSSR count). The number of halogens is 2. The number of H-pyrrole nitrogens is 1. The number of aromatic amines is 1. The molecule has 0 aliphatic carbocycles. The van der Waals surface area contributed by atoms with Crippen LogP contribution >= 0.6 is 27.5 Å². The molecule has 11 heteroatoms. The Kier molecular flexibility index (Phi) is 8.08. The van der Waals surface area contributed by atoms with Gasteiger partial charge in [-0.2, -0.15) is 9.40 Å². The van der Waals surface area contributed by atoms with Gasteiger partial charge in [-0.05, 0) is 74.7 Å². The molecule has 2 aliphatic rings. The molecule has 2 aromatic heterocycles. The normalized spacial score (nSPS) is 18.2. The van der Waals surface area contributed by atoms with Crippen LogP contribution in [-0.4, -0.2) is 76.0 Å². The summed E-state index contributed by atoms with van der Waals surface area (Å²) in [7, 11) is -3.32. The van der Waals surface area contributed by atoms with E-state index in [0.29, 0.717) is 38.5 Å². The van der Waals surface area contributed by atoms with E-state index in [-0.39, 0.29) is 0 Å². The van der Waals surface area contributed by atoms with Crippen LogP contribution in [0.5, 0.6) is 0 Å². The van der Waals surface area contributed by atoms with Crippen molar-refractivity contribution in [3.8, 4) is 11.3 Å². The Morgan fingerprint density at radius 1 is 1.12 bits per heavy atom. The zero-order valence-corrected chi connectivity index (χ0v) is 26.4. The number of piperidine rings is 1. The molecular weight excluding hydrogens is 626 g/mol. The van der Waals surface area contributed by atoms with Gasteiger partial charge in [0.1, 0.15) is 0 Å². The van der Waals surface area contributed by atoms with E-state index >= 15 is 0 Å². The number of likely N-dealkylation sites (tertiary alicyclic amines) is 1. The van der Waals surface area contributed by atoms with Gasteiger partial charge in [0.25, 0.3) is 0 Å². The smallest absolute Gasteiger partial charge is 0.211 e. The lowest BCUT2D eigenvalue weighted by atomic mass is 9.87. The van der Waals surface area contributed by atoms with E-state index in [1.165, 1.54) is 27.2 Å². The number of aromatic nitrogens is 3. The number of sulfonamides is 1. The monoisotopic (exact) mass is 659 g/mol. The summed E-state index contributed by atoms with van der Waals surface area (Å²) < 4.78 is 29.0. The average molecular weight is 661 g/mol. The summed E-state index contributed by atoms with van der Waals surface area (Å²) in [5, 5.41) is 18.1. The number of β-amino-alcohol motifs (C(OH)–C–C–N with tert-alkyl or cyclic N) is 1. The van der Waals surface area contributed by atoms with Crippen LogP contribution in [0.1, 0.15) is 41.3 Å². The minimum absolute atomic E-state index is 0.293. The highest BCUT2D eigenvalue weighted by Gasteiger charge is 2.31. The topological polar surface area (TPSA) is 94.5 Å². The average Bonchev–Trinajstić information content (AvgIpc) is 3.45. The summed E-state index contributed by atoms with van der Waals surface area (Å²) in [6.07, 6.45) is 3.29. The van der Waals surface area contributed by atoms with Gasteiger partial charge in [-0.1, -0.05) is 39.7 Å². The van der Waals surface area contributed by atoms with Gasteiger partial charge < -0.3 is 15.0 Å². The van der Waals surface area contributed by atoms with E-state index in [1.54, 1.807) is 0 Å². The van der Waals surface area contributed by atoms with E-state index in [4.69, 9.17) is 16.7 Å². The van der Waals surface area contributed by atoms with Crippen molar-refractivity contribution >= 4 is 48.5 Å². The number of aliphatic hydroxyl groups is 1. The largest absolute Gasteiger partial charge is 0.390 e. The van der Waals surface area contributed by atoms with Crippen molar-refractivity contribution in [2.75, 3.05) is 32.4 Å². The van der Waals surface area contributed by atoms with Crippen molar-refractivity contribution in [2.45, 2.75) is 51.3 Å². The Bertz CT molecular complexity index is 1680. The van der Waals surface area contributed by atoms with E-state index in [2.05, 4.69) is 44.9 Å². The van der Waals surface area contributed by atoms with Crippen molar-refractivity contribution in [2.24, 2.45) is 0 Å². The molecule has 0 radical (unpaired) electrons. The Morgan fingerprint density at radius 3 is 2.56 bits per heavy atom. The van der Waals surface area contributed by atoms with Crippen molar-refractivity contribution in [3.63, 3.8) is 0 Å². The minimum Gasteiger partial charge on any atom is -0.390 e. The van der Waals surface area contributed by atoms with Gasteiger partial charge in [0.05, 0.1) is 24.6 Å². The Balaban J connectivity index is 1.15. The number of aryl methyl sites for hydroxylation is 1. The fraction of sp³-hybridized carbons (Fsp3) is 0.433. The predicted octanol–water partition coefficient (Wildman–Crippen LogP) is 5.31. The predicted molar refractivity (Wildman–Crippen MR) is 167 cm³/mol. The van der Waals surface area contributed by atoms with Crippen LogP contribution in [0.3, 0.4) is 0 Å². The van der Waals surface area contributed by atoms with Gasteiger partial charge >= 0.3 is 0 Å². The van der Waals surface area contributed by atoms with Gasteiger partial charge in [0.2, 0.25) is 10.0 Å². The van der Waals surface area contributed by atoms with Crippen molar-refractivity contribution in [1.82, 2.24) is 24.0 Å². The molecule has 2 aliphatic heterocycles. The lowest BCUT2D eigenvalue weighted by molar-refractivity contribution is 0.0815. The molecule has 41 heavy (non-hydrogen) atoms. The number of rotatable bonds is 7. The molecule has 4 heterocycles. The van der Waals surface area contributed by atoms with Crippen molar-refractivity contribution in [1.29, 1.82) is 0 Å². The molecular formula is C30H35BrClN5O3S. The molecule has 8 nitrogen and oxygen atoms in total. The molecule has 1 saturated heterocycles. The summed E-state index contributed by atoms with van der Waals surface area (Å²) in [6, 6.07) is 13.9. The Hall–Kier alpha value is -2.21. The molecule has 2 aromatic carbocycles. The number of aliphatic hydroxyl groups excluding tert-OH is 1. The molecule has 0 amide bonds. The summed E-state index contributed by atoms with van der Waals surface area (Å²) in [4.78, 5) is 5.86. The first-order chi connectivity index (χ1) is 19.6. The number of benzene rings is 2. The number of hydrogen-bond donors (Lipinski definition) is 2. The van der Waals surface area contributed by atoms with E-state index < -0.39 is 16.1 Å². The fourth-order valence-corrected chi connectivity index (χ4v) is 7.77. The van der Waals surface area contributed by atoms with Crippen LogP contribution in [0.25, 0.3) is 22.2 Å². The van der Waals surface area contributed by atoms with Crippen LogP contribution in [0, 0.1) is 6.92 Å². The zero-order chi connectivity index (χ0) is 28.9. The second-order valence-corrected chi connectivity index (χ2v) is 14.7. The van der Waals surface area contributed by atoms with E-state index in [1.807, 2.05) is 35.0 Å². The first kappa shape index (κ1) is 28.9. The Morgan fingerprint density at radius 2 is 1.85 bits per heavy atom.